The van der Waals surface area contributed by atoms with E-state index in [0.717, 1.165) is 10.5 Å². The second-order valence-corrected chi connectivity index (χ2v) is 5.82. The second-order valence-electron chi connectivity index (χ2n) is 3.24. The summed E-state index contributed by atoms with van der Waals surface area (Å²) in [6.07, 6.45) is 1.53. The van der Waals surface area contributed by atoms with E-state index in [0.29, 0.717) is 9.50 Å². The van der Waals surface area contributed by atoms with Gasteiger partial charge in [0.2, 0.25) is 5.88 Å². The molecule has 0 saturated carbocycles. The van der Waals surface area contributed by atoms with E-state index >= 15 is 0 Å². The minimum atomic E-state index is -0.580. The van der Waals surface area contributed by atoms with Crippen molar-refractivity contribution in [3.63, 3.8) is 0 Å². The zero-order valence-corrected chi connectivity index (χ0v) is 13.2. The van der Waals surface area contributed by atoms with Crippen LogP contribution >= 0.6 is 55.1 Å². The summed E-state index contributed by atoms with van der Waals surface area (Å²) >= 11 is 18.0. The van der Waals surface area contributed by atoms with E-state index in [1.54, 1.807) is 6.07 Å². The number of hydrogen-bond donors (Lipinski definition) is 0. The zero-order chi connectivity index (χ0) is 13.3. The zero-order valence-electron chi connectivity index (χ0n) is 8.55. The van der Waals surface area contributed by atoms with Crippen LogP contribution in [0.2, 0.25) is 10.0 Å². The summed E-state index contributed by atoms with van der Waals surface area (Å²) < 4.78 is 20.0. The van der Waals surface area contributed by atoms with Gasteiger partial charge in [0.1, 0.15) is 16.6 Å². The lowest BCUT2D eigenvalue weighted by molar-refractivity contribution is 0.455. The Morgan fingerprint density at radius 1 is 1.11 bits per heavy atom. The third-order valence-electron chi connectivity index (χ3n) is 1.96. The van der Waals surface area contributed by atoms with E-state index in [2.05, 4.69) is 36.8 Å². The van der Waals surface area contributed by atoms with Crippen LogP contribution in [0, 0.1) is 5.82 Å². The maximum atomic E-state index is 13.3. The highest BCUT2D eigenvalue weighted by atomic mass is 79.9. The largest absolute Gasteiger partial charge is 0.436 e. The fraction of sp³-hybridized carbons (Fsp3) is 0. The normalized spacial score (nSPS) is 10.5. The van der Waals surface area contributed by atoms with Crippen molar-refractivity contribution in [2.45, 2.75) is 0 Å². The molecule has 1 heterocycles. The van der Waals surface area contributed by atoms with Gasteiger partial charge in [-0.1, -0.05) is 23.2 Å². The van der Waals surface area contributed by atoms with Crippen LogP contribution in [0.4, 0.5) is 4.39 Å². The molecule has 0 spiro atoms. The lowest BCUT2D eigenvalue weighted by atomic mass is 10.3. The van der Waals surface area contributed by atoms with Crippen LogP contribution in [0.5, 0.6) is 11.6 Å². The van der Waals surface area contributed by atoms with Crippen molar-refractivity contribution in [1.82, 2.24) is 4.98 Å². The molecule has 0 N–H and O–H groups in total. The number of ether oxygens (including phenoxy) is 1. The summed E-state index contributed by atoms with van der Waals surface area (Å²) in [6, 6.07) is 4.19. The summed E-state index contributed by atoms with van der Waals surface area (Å²) in [7, 11) is 0. The smallest absolute Gasteiger partial charge is 0.238 e. The summed E-state index contributed by atoms with van der Waals surface area (Å²) in [4.78, 5) is 3.99. The molecule has 0 bridgehead atoms. The molecule has 94 valence electrons. The fourth-order valence-electron chi connectivity index (χ4n) is 1.16. The molecule has 1 aromatic heterocycles. The number of halogens is 5. The molecule has 0 aliphatic carbocycles. The maximum absolute atomic E-state index is 13.3. The van der Waals surface area contributed by atoms with Gasteiger partial charge in [0.05, 0.1) is 9.50 Å². The number of aromatic nitrogens is 1. The number of nitrogens with zero attached hydrogens (tertiary/aromatic N) is 1. The molecule has 0 fully saturated rings. The van der Waals surface area contributed by atoms with Crippen molar-refractivity contribution in [3.05, 3.63) is 49.2 Å². The van der Waals surface area contributed by atoms with Gasteiger partial charge in [-0.25, -0.2) is 9.37 Å². The molecule has 18 heavy (non-hydrogen) atoms. The van der Waals surface area contributed by atoms with Crippen LogP contribution in [0.25, 0.3) is 0 Å². The van der Waals surface area contributed by atoms with Crippen LogP contribution in [-0.2, 0) is 0 Å². The van der Waals surface area contributed by atoms with Gasteiger partial charge < -0.3 is 4.74 Å². The lowest BCUT2D eigenvalue weighted by Crippen LogP contribution is -1.91. The van der Waals surface area contributed by atoms with E-state index in [9.17, 15) is 4.39 Å². The monoisotopic (exact) mass is 413 g/mol. The average Bonchev–Trinajstić information content (AvgIpc) is 2.29. The minimum Gasteiger partial charge on any atom is -0.436 e. The van der Waals surface area contributed by atoms with Gasteiger partial charge in [-0.3, -0.25) is 0 Å². The molecule has 0 atom stereocenters. The van der Waals surface area contributed by atoms with E-state index in [1.807, 2.05) is 0 Å². The SMILES string of the molecule is Fc1cc(Oc2ncc(Br)cc2Cl)c(Br)cc1Cl. The van der Waals surface area contributed by atoms with Gasteiger partial charge in [0.15, 0.2) is 0 Å². The number of pyridine rings is 1. The Morgan fingerprint density at radius 3 is 2.50 bits per heavy atom. The van der Waals surface area contributed by atoms with Crippen molar-refractivity contribution in [2.75, 3.05) is 0 Å². The summed E-state index contributed by atoms with van der Waals surface area (Å²) in [5, 5.41) is 0.315. The van der Waals surface area contributed by atoms with Crippen molar-refractivity contribution in [1.29, 1.82) is 0 Å². The Balaban J connectivity index is 2.37. The van der Waals surface area contributed by atoms with Crippen LogP contribution < -0.4 is 4.74 Å². The molecular weight excluding hydrogens is 412 g/mol. The number of rotatable bonds is 2. The van der Waals surface area contributed by atoms with Gasteiger partial charge in [-0.2, -0.15) is 0 Å². The molecule has 2 rings (SSSR count). The Kier molecular flexibility index (Phi) is 4.48. The maximum Gasteiger partial charge on any atom is 0.238 e. The van der Waals surface area contributed by atoms with E-state index < -0.39 is 5.82 Å². The van der Waals surface area contributed by atoms with Gasteiger partial charge in [-0.15, -0.1) is 0 Å². The first-order valence-corrected chi connectivity index (χ1v) is 6.95. The van der Waals surface area contributed by atoms with Crippen molar-refractivity contribution < 1.29 is 9.13 Å². The van der Waals surface area contributed by atoms with Crippen LogP contribution in [0.3, 0.4) is 0 Å². The standard InChI is InChI=1S/C11H4Br2Cl2FNO/c12-5-1-8(15)11(17-4-5)18-10-3-9(16)7(14)2-6(10)13/h1-4H. The fourth-order valence-corrected chi connectivity index (χ4v) is 2.55. The highest BCUT2D eigenvalue weighted by Gasteiger charge is 2.11. The Morgan fingerprint density at radius 2 is 1.83 bits per heavy atom. The van der Waals surface area contributed by atoms with E-state index in [4.69, 9.17) is 27.9 Å². The highest BCUT2D eigenvalue weighted by Crippen LogP contribution is 2.35. The number of hydrogen-bond acceptors (Lipinski definition) is 2. The molecule has 0 saturated heterocycles. The third kappa shape index (κ3) is 3.15. The molecule has 0 radical (unpaired) electrons. The Labute approximate surface area is 129 Å². The summed E-state index contributed by atoms with van der Waals surface area (Å²) in [6.45, 7) is 0. The summed E-state index contributed by atoms with van der Waals surface area (Å²) in [5.41, 5.74) is 0. The highest BCUT2D eigenvalue weighted by molar-refractivity contribution is 9.10. The van der Waals surface area contributed by atoms with Gasteiger partial charge in [-0.05, 0) is 44.0 Å². The molecule has 0 aliphatic rings. The van der Waals surface area contributed by atoms with Gasteiger partial charge in [0.25, 0.3) is 0 Å². The Hall–Kier alpha value is -0.360. The predicted molar refractivity (Wildman–Crippen MR) is 76.1 cm³/mol. The summed E-state index contributed by atoms with van der Waals surface area (Å²) in [5.74, 6) is -0.154. The third-order valence-corrected chi connectivity index (χ3v) is 3.57. The van der Waals surface area contributed by atoms with Gasteiger partial charge >= 0.3 is 0 Å². The first-order chi connectivity index (χ1) is 8.47. The van der Waals surface area contributed by atoms with Crippen molar-refractivity contribution in [2.24, 2.45) is 0 Å². The lowest BCUT2D eigenvalue weighted by Gasteiger charge is -2.09. The number of benzene rings is 1. The van der Waals surface area contributed by atoms with Crippen LogP contribution in [-0.4, -0.2) is 4.98 Å². The molecule has 1 aromatic carbocycles. The quantitative estimate of drug-likeness (QED) is 0.574. The van der Waals surface area contributed by atoms with Crippen LogP contribution in [0.15, 0.2) is 33.3 Å². The minimum absolute atomic E-state index is 0.00378. The predicted octanol–water partition coefficient (Wildman–Crippen LogP) is 5.84. The first kappa shape index (κ1) is 14.1. The molecule has 7 heteroatoms. The first-order valence-electron chi connectivity index (χ1n) is 4.61. The van der Waals surface area contributed by atoms with E-state index in [1.165, 1.54) is 12.3 Å². The van der Waals surface area contributed by atoms with E-state index in [-0.39, 0.29) is 16.7 Å². The van der Waals surface area contributed by atoms with Crippen LogP contribution in [0.1, 0.15) is 0 Å². The molecule has 0 amide bonds. The molecule has 0 unspecified atom stereocenters. The molecular formula is C11H4Br2Cl2FNO. The average molecular weight is 416 g/mol. The van der Waals surface area contributed by atoms with Gasteiger partial charge in [0, 0.05) is 16.7 Å². The topological polar surface area (TPSA) is 22.1 Å². The van der Waals surface area contributed by atoms with Crippen molar-refractivity contribution in [3.8, 4) is 11.6 Å². The second kappa shape index (κ2) is 5.74. The molecule has 0 aliphatic heterocycles. The molecule has 2 aromatic rings. The Bertz CT molecular complexity index is 610. The molecule has 2 nitrogen and oxygen atoms in total. The van der Waals surface area contributed by atoms with Crippen molar-refractivity contribution >= 4 is 55.1 Å².